The molecule has 5 rings (SSSR count). The third-order valence-corrected chi connectivity index (χ3v) is 5.79. The Morgan fingerprint density at radius 2 is 1.38 bits per heavy atom. The van der Waals surface area contributed by atoms with Gasteiger partial charge >= 0.3 is 0 Å². The average molecular weight is 383 g/mol. The average Bonchev–Trinajstić information content (AvgIpc) is 3.37. The number of para-hydroxylation sites is 2. The first kappa shape index (κ1) is 17.6. The predicted molar refractivity (Wildman–Crippen MR) is 113 cm³/mol. The van der Waals surface area contributed by atoms with Gasteiger partial charge in [0.05, 0.1) is 5.56 Å². The van der Waals surface area contributed by atoms with Crippen LogP contribution in [0.2, 0.25) is 0 Å². The fourth-order valence-electron chi connectivity index (χ4n) is 4.30. The van der Waals surface area contributed by atoms with Gasteiger partial charge in [0.15, 0.2) is 0 Å². The molecule has 0 radical (unpaired) electrons. The number of fused-ring (bicyclic) bond motifs is 2. The van der Waals surface area contributed by atoms with Crippen molar-refractivity contribution < 1.29 is 9.59 Å². The summed E-state index contributed by atoms with van der Waals surface area (Å²) < 4.78 is 0. The summed E-state index contributed by atoms with van der Waals surface area (Å²) in [6.07, 6.45) is 3.25. The quantitative estimate of drug-likeness (QED) is 0.676. The fourth-order valence-corrected chi connectivity index (χ4v) is 4.30. The first-order valence-electron chi connectivity index (χ1n) is 9.89. The summed E-state index contributed by atoms with van der Waals surface area (Å²) in [6, 6.07) is 17.7. The van der Waals surface area contributed by atoms with Crippen LogP contribution in [0.3, 0.4) is 0 Å². The normalized spacial score (nSPS) is 14.7. The number of anilines is 2. The first-order chi connectivity index (χ1) is 14.1. The van der Waals surface area contributed by atoms with Gasteiger partial charge < -0.3 is 9.80 Å². The van der Waals surface area contributed by atoms with Crippen LogP contribution in [0.4, 0.5) is 11.4 Å². The van der Waals surface area contributed by atoms with E-state index in [1.165, 1.54) is 17.3 Å². The minimum Gasteiger partial charge on any atom is -0.308 e. The standard InChI is InChI=1S/C24H21N3O2/c1-16-14-19(23(28)26-12-10-17-6-2-4-8-20(17)26)15-25-22(16)24(29)27-13-11-18-7-3-5-9-21(18)27/h2-9,14-15H,10-13H2,1H3. The third kappa shape index (κ3) is 2.90. The van der Waals surface area contributed by atoms with Crippen LogP contribution in [0.25, 0.3) is 0 Å². The number of benzene rings is 2. The molecule has 0 aliphatic carbocycles. The number of hydrogen-bond acceptors (Lipinski definition) is 3. The molecule has 2 aromatic carbocycles. The molecule has 1 aromatic heterocycles. The van der Waals surface area contributed by atoms with Crippen molar-refractivity contribution in [3.63, 3.8) is 0 Å². The van der Waals surface area contributed by atoms with E-state index in [4.69, 9.17) is 0 Å². The molecule has 0 bridgehead atoms. The van der Waals surface area contributed by atoms with E-state index in [9.17, 15) is 9.59 Å². The maximum absolute atomic E-state index is 13.1. The van der Waals surface area contributed by atoms with Crippen molar-refractivity contribution in [2.24, 2.45) is 0 Å². The molecule has 0 N–H and O–H groups in total. The summed E-state index contributed by atoms with van der Waals surface area (Å²) in [5.74, 6) is -0.186. The predicted octanol–water partition coefficient (Wildman–Crippen LogP) is 3.80. The van der Waals surface area contributed by atoms with Crippen LogP contribution in [0, 0.1) is 6.92 Å². The number of pyridine rings is 1. The lowest BCUT2D eigenvalue weighted by molar-refractivity contribution is 0.0973. The minimum absolute atomic E-state index is 0.0731. The molecule has 3 heterocycles. The van der Waals surface area contributed by atoms with Crippen molar-refractivity contribution >= 4 is 23.2 Å². The second-order valence-electron chi connectivity index (χ2n) is 7.56. The van der Waals surface area contributed by atoms with Crippen molar-refractivity contribution in [3.8, 4) is 0 Å². The monoisotopic (exact) mass is 383 g/mol. The van der Waals surface area contributed by atoms with E-state index >= 15 is 0 Å². The van der Waals surface area contributed by atoms with Gasteiger partial charge in [-0.25, -0.2) is 4.98 Å². The number of carbonyl (C=O) groups excluding carboxylic acids is 2. The molecule has 0 fully saturated rings. The van der Waals surface area contributed by atoms with Gasteiger partial charge in [-0.2, -0.15) is 0 Å². The fraction of sp³-hybridized carbons (Fsp3) is 0.208. The maximum atomic E-state index is 13.1. The second kappa shape index (κ2) is 6.85. The molecule has 2 aliphatic rings. The van der Waals surface area contributed by atoms with E-state index < -0.39 is 0 Å². The Morgan fingerprint density at radius 1 is 0.828 bits per heavy atom. The molecule has 3 aromatic rings. The summed E-state index contributed by atoms with van der Waals surface area (Å²) in [5, 5.41) is 0. The van der Waals surface area contributed by atoms with E-state index in [1.54, 1.807) is 15.9 Å². The van der Waals surface area contributed by atoms with Crippen molar-refractivity contribution in [3.05, 3.63) is 88.7 Å². The van der Waals surface area contributed by atoms with E-state index in [1.807, 2.05) is 43.3 Å². The lowest BCUT2D eigenvalue weighted by Crippen LogP contribution is -2.31. The number of hydrogen-bond donors (Lipinski definition) is 0. The highest BCUT2D eigenvalue weighted by molar-refractivity contribution is 6.09. The van der Waals surface area contributed by atoms with Crippen molar-refractivity contribution in [1.29, 1.82) is 0 Å². The van der Waals surface area contributed by atoms with E-state index in [2.05, 4.69) is 17.1 Å². The maximum Gasteiger partial charge on any atom is 0.277 e. The molecule has 0 saturated carbocycles. The van der Waals surface area contributed by atoms with Gasteiger partial charge in [0, 0.05) is 30.7 Å². The molecule has 0 spiro atoms. The molecule has 2 amide bonds. The van der Waals surface area contributed by atoms with Crippen LogP contribution in [0.1, 0.15) is 37.5 Å². The second-order valence-corrected chi connectivity index (χ2v) is 7.56. The highest BCUT2D eigenvalue weighted by Crippen LogP contribution is 2.30. The molecule has 0 saturated heterocycles. The van der Waals surface area contributed by atoms with Crippen LogP contribution in [-0.2, 0) is 12.8 Å². The van der Waals surface area contributed by atoms with Crippen LogP contribution in [-0.4, -0.2) is 29.9 Å². The van der Waals surface area contributed by atoms with E-state index in [0.29, 0.717) is 24.3 Å². The molecule has 5 heteroatoms. The van der Waals surface area contributed by atoms with Crippen LogP contribution in [0.5, 0.6) is 0 Å². The lowest BCUT2D eigenvalue weighted by atomic mass is 10.1. The van der Waals surface area contributed by atoms with Gasteiger partial charge in [-0.15, -0.1) is 0 Å². The van der Waals surface area contributed by atoms with Crippen molar-refractivity contribution in [2.45, 2.75) is 19.8 Å². The Balaban J connectivity index is 1.41. The molecular weight excluding hydrogens is 362 g/mol. The number of aryl methyl sites for hydroxylation is 1. The summed E-state index contributed by atoms with van der Waals surface area (Å²) in [5.41, 5.74) is 5.91. The Kier molecular flexibility index (Phi) is 4.16. The summed E-state index contributed by atoms with van der Waals surface area (Å²) in [4.78, 5) is 34.1. The zero-order valence-corrected chi connectivity index (χ0v) is 16.3. The van der Waals surface area contributed by atoms with Gasteiger partial charge in [-0.1, -0.05) is 36.4 Å². The van der Waals surface area contributed by atoms with Crippen LogP contribution < -0.4 is 9.80 Å². The number of nitrogens with zero attached hydrogens (tertiary/aromatic N) is 3. The van der Waals surface area contributed by atoms with E-state index in [0.717, 1.165) is 29.8 Å². The van der Waals surface area contributed by atoms with Crippen molar-refractivity contribution in [2.75, 3.05) is 22.9 Å². The topological polar surface area (TPSA) is 53.5 Å². The summed E-state index contributed by atoms with van der Waals surface area (Å²) >= 11 is 0. The first-order valence-corrected chi connectivity index (χ1v) is 9.89. The summed E-state index contributed by atoms with van der Waals surface area (Å²) in [6.45, 7) is 3.17. The molecule has 0 unspecified atom stereocenters. The van der Waals surface area contributed by atoms with Gasteiger partial charge in [0.25, 0.3) is 11.8 Å². The number of carbonyl (C=O) groups is 2. The van der Waals surface area contributed by atoms with Gasteiger partial charge in [-0.05, 0) is 54.7 Å². The molecule has 29 heavy (non-hydrogen) atoms. The number of amides is 2. The highest BCUT2D eigenvalue weighted by atomic mass is 16.2. The number of rotatable bonds is 2. The molecule has 0 atom stereocenters. The van der Waals surface area contributed by atoms with Gasteiger partial charge in [-0.3, -0.25) is 9.59 Å². The smallest absolute Gasteiger partial charge is 0.277 e. The molecule has 5 nitrogen and oxygen atoms in total. The van der Waals surface area contributed by atoms with Crippen LogP contribution in [0.15, 0.2) is 60.8 Å². The molecule has 2 aliphatic heterocycles. The zero-order valence-electron chi connectivity index (χ0n) is 16.3. The highest BCUT2D eigenvalue weighted by Gasteiger charge is 2.29. The molecule has 144 valence electrons. The Bertz CT molecular complexity index is 1140. The van der Waals surface area contributed by atoms with Crippen molar-refractivity contribution in [1.82, 2.24) is 4.98 Å². The van der Waals surface area contributed by atoms with E-state index in [-0.39, 0.29) is 11.8 Å². The van der Waals surface area contributed by atoms with Gasteiger partial charge in [0.1, 0.15) is 5.69 Å². The molecular formula is C24H21N3O2. The number of aromatic nitrogens is 1. The zero-order chi connectivity index (χ0) is 20.0. The Morgan fingerprint density at radius 3 is 1.97 bits per heavy atom. The largest absolute Gasteiger partial charge is 0.308 e. The SMILES string of the molecule is Cc1cc(C(=O)N2CCc3ccccc32)cnc1C(=O)N1CCc2ccccc21. The minimum atomic E-state index is -0.113. The Labute approximate surface area is 169 Å². The summed E-state index contributed by atoms with van der Waals surface area (Å²) in [7, 11) is 0. The van der Waals surface area contributed by atoms with Gasteiger partial charge in [0.2, 0.25) is 0 Å². The lowest BCUT2D eigenvalue weighted by Gasteiger charge is -2.20. The third-order valence-electron chi connectivity index (χ3n) is 5.79. The van der Waals surface area contributed by atoms with Crippen LogP contribution >= 0.6 is 0 Å². The Hall–Kier alpha value is -3.47.